The Morgan fingerprint density at radius 3 is 2.67 bits per heavy atom. The van der Waals surface area contributed by atoms with E-state index in [1.807, 2.05) is 0 Å². The summed E-state index contributed by atoms with van der Waals surface area (Å²) in [4.78, 5) is 20.9. The van der Waals surface area contributed by atoms with E-state index >= 15 is 0 Å². The molecule has 0 aliphatic rings. The van der Waals surface area contributed by atoms with Gasteiger partial charge in [0.05, 0.1) is 0 Å². The molecule has 0 heterocycles. The molecule has 0 aromatic rings. The van der Waals surface area contributed by atoms with Gasteiger partial charge in [0.2, 0.25) is 5.91 Å². The fourth-order valence-electron chi connectivity index (χ4n) is 0.551. The third kappa shape index (κ3) is 4.63. The molecule has 0 bridgehead atoms. The molecule has 0 spiro atoms. The average Bonchev–Trinajstić information content (AvgIpc) is 1.96. The maximum atomic E-state index is 10.5. The molecule has 4 nitrogen and oxygen atoms in total. The van der Waals surface area contributed by atoms with E-state index in [0.29, 0.717) is 0 Å². The predicted molar refractivity (Wildman–Crippen MR) is 46.5 cm³/mol. The van der Waals surface area contributed by atoms with Gasteiger partial charge in [0.25, 0.3) is 0 Å². The number of carboxylic acids is 1. The maximum Gasteiger partial charge on any atom is 0.327 e. The highest BCUT2D eigenvalue weighted by atomic mass is 32.2. The van der Waals surface area contributed by atoms with Gasteiger partial charge in [-0.1, -0.05) is 11.8 Å². The summed E-state index contributed by atoms with van der Waals surface area (Å²) in [5.74, 6) is -1.27. The molecule has 1 unspecified atom stereocenters. The van der Waals surface area contributed by atoms with Gasteiger partial charge >= 0.3 is 5.97 Å². The number of rotatable bonds is 4. The number of amides is 1. The van der Waals surface area contributed by atoms with Gasteiger partial charge in [0.15, 0.2) is 0 Å². The number of aliphatic carboxylic acids is 1. The lowest BCUT2D eigenvalue weighted by Gasteiger charge is -2.09. The first-order valence-corrected chi connectivity index (χ1v) is 4.13. The van der Waals surface area contributed by atoms with Crippen molar-refractivity contribution >= 4 is 23.6 Å². The van der Waals surface area contributed by atoms with Crippen LogP contribution in [0.25, 0.3) is 0 Å². The summed E-state index contributed by atoms with van der Waals surface area (Å²) in [6.07, 6.45) is 4.92. The van der Waals surface area contributed by atoms with Crippen LogP contribution in [0.3, 0.4) is 0 Å². The van der Waals surface area contributed by atoms with Gasteiger partial charge in [-0.25, -0.2) is 4.79 Å². The van der Waals surface area contributed by atoms with Crippen LogP contribution in [-0.2, 0) is 9.59 Å². The van der Waals surface area contributed by atoms with Crippen LogP contribution in [-0.4, -0.2) is 28.8 Å². The Kier molecular flexibility index (Phi) is 4.97. The van der Waals surface area contributed by atoms with Crippen molar-refractivity contribution in [2.45, 2.75) is 13.0 Å². The number of hydrogen-bond acceptors (Lipinski definition) is 3. The first-order chi connectivity index (χ1) is 5.57. The molecule has 0 fully saturated rings. The monoisotopic (exact) mass is 187 g/mol. The van der Waals surface area contributed by atoms with Crippen LogP contribution in [0.2, 0.25) is 0 Å². The fraction of sp³-hybridized carbons (Fsp3) is 0.429. The molecule has 2 N–H and O–H groups in total. The molecule has 66 valence electrons. The van der Waals surface area contributed by atoms with Gasteiger partial charge in [-0.05, 0) is 5.25 Å². The summed E-state index contributed by atoms with van der Waals surface area (Å²) >= 11 is 1.02. The molecule has 1 amide bonds. The third-order valence-corrected chi connectivity index (χ3v) is 1.68. The Hall–Kier alpha value is -1.15. The minimum atomic E-state index is -1.08. The topological polar surface area (TPSA) is 66.4 Å². The number of hydrogen-bond donors (Lipinski definition) is 2. The second-order valence-electron chi connectivity index (χ2n) is 2.02. The van der Waals surface area contributed by atoms with Crippen LogP contribution in [0.15, 0.2) is 0 Å². The standard InChI is InChI=1S/C7H9NO3S/c1-3-12-4-6(7(10)11)8-5(2)9/h1,6H,4H2,2H3,(H,8,9)(H,10,11). The Morgan fingerprint density at radius 1 is 1.75 bits per heavy atom. The molecule has 0 aromatic carbocycles. The van der Waals surface area contributed by atoms with Gasteiger partial charge in [0.1, 0.15) is 6.04 Å². The van der Waals surface area contributed by atoms with E-state index in [2.05, 4.69) is 10.6 Å². The van der Waals surface area contributed by atoms with E-state index in [-0.39, 0.29) is 11.7 Å². The average molecular weight is 187 g/mol. The second kappa shape index (κ2) is 5.49. The molecule has 0 aliphatic carbocycles. The summed E-state index contributed by atoms with van der Waals surface area (Å²) in [6, 6.07) is -0.899. The molecule has 0 saturated carbocycles. The SMILES string of the molecule is C#CSCC(NC(C)=O)C(=O)O. The van der Waals surface area contributed by atoms with Gasteiger partial charge < -0.3 is 10.4 Å². The van der Waals surface area contributed by atoms with Crippen LogP contribution >= 0.6 is 11.8 Å². The normalized spacial score (nSPS) is 11.3. The van der Waals surface area contributed by atoms with Crippen molar-refractivity contribution in [3.8, 4) is 11.7 Å². The maximum absolute atomic E-state index is 10.5. The molecule has 0 rings (SSSR count). The van der Waals surface area contributed by atoms with Gasteiger partial charge in [-0.3, -0.25) is 4.79 Å². The molecule has 1 atom stereocenters. The van der Waals surface area contributed by atoms with E-state index in [0.717, 1.165) is 11.8 Å². The van der Waals surface area contributed by atoms with Crippen molar-refractivity contribution in [2.24, 2.45) is 0 Å². The van der Waals surface area contributed by atoms with Gasteiger partial charge in [0, 0.05) is 12.7 Å². The smallest absolute Gasteiger partial charge is 0.327 e. The minimum absolute atomic E-state index is 0.186. The van der Waals surface area contributed by atoms with Crippen molar-refractivity contribution in [1.82, 2.24) is 5.32 Å². The zero-order valence-corrected chi connectivity index (χ0v) is 7.35. The Bertz CT molecular complexity index is 221. The van der Waals surface area contributed by atoms with Crippen LogP contribution in [0.1, 0.15) is 6.92 Å². The van der Waals surface area contributed by atoms with E-state index in [1.54, 1.807) is 0 Å². The molecule has 5 heteroatoms. The van der Waals surface area contributed by atoms with Crippen molar-refractivity contribution in [2.75, 3.05) is 5.75 Å². The highest BCUT2D eigenvalue weighted by Gasteiger charge is 2.17. The van der Waals surface area contributed by atoms with E-state index in [1.165, 1.54) is 6.92 Å². The lowest BCUT2D eigenvalue weighted by atomic mass is 10.3. The first-order valence-electron chi connectivity index (χ1n) is 3.15. The van der Waals surface area contributed by atoms with Crippen LogP contribution in [0.5, 0.6) is 0 Å². The Balaban J connectivity index is 3.97. The van der Waals surface area contributed by atoms with E-state index < -0.39 is 12.0 Å². The van der Waals surface area contributed by atoms with Crippen LogP contribution < -0.4 is 5.32 Å². The number of nitrogens with one attached hydrogen (secondary N) is 1. The number of carbonyl (C=O) groups is 2. The van der Waals surface area contributed by atoms with Crippen LogP contribution in [0, 0.1) is 11.7 Å². The highest BCUT2D eigenvalue weighted by Crippen LogP contribution is 1.99. The summed E-state index contributed by atoms with van der Waals surface area (Å²) < 4.78 is 0. The highest BCUT2D eigenvalue weighted by molar-refractivity contribution is 8.03. The van der Waals surface area contributed by atoms with Gasteiger partial charge in [-0.15, -0.1) is 6.42 Å². The molecule has 0 aromatic heterocycles. The van der Waals surface area contributed by atoms with E-state index in [9.17, 15) is 9.59 Å². The van der Waals surface area contributed by atoms with Crippen molar-refractivity contribution in [1.29, 1.82) is 0 Å². The summed E-state index contributed by atoms with van der Waals surface area (Å²) in [5, 5.41) is 13.0. The molecule has 0 radical (unpaired) electrons. The third-order valence-electron chi connectivity index (χ3n) is 1.01. The summed E-state index contributed by atoms with van der Waals surface area (Å²) in [6.45, 7) is 1.26. The zero-order valence-electron chi connectivity index (χ0n) is 6.53. The number of terminal acetylenes is 1. The number of thioether (sulfide) groups is 1. The molecule has 0 saturated heterocycles. The Morgan fingerprint density at radius 2 is 2.33 bits per heavy atom. The molecule has 12 heavy (non-hydrogen) atoms. The minimum Gasteiger partial charge on any atom is -0.480 e. The number of carbonyl (C=O) groups excluding carboxylic acids is 1. The van der Waals surface area contributed by atoms with E-state index in [4.69, 9.17) is 11.5 Å². The van der Waals surface area contributed by atoms with Crippen LogP contribution in [0.4, 0.5) is 0 Å². The lowest BCUT2D eigenvalue weighted by Crippen LogP contribution is -2.41. The predicted octanol–water partition coefficient (Wildman–Crippen LogP) is -0.100. The second-order valence-corrected chi connectivity index (χ2v) is 2.88. The van der Waals surface area contributed by atoms with Crippen molar-refractivity contribution < 1.29 is 14.7 Å². The fourth-order valence-corrected chi connectivity index (χ4v) is 1.04. The Labute approximate surface area is 74.7 Å². The molecular weight excluding hydrogens is 178 g/mol. The first kappa shape index (κ1) is 10.8. The number of carboxylic acid groups (broad SMARTS) is 1. The zero-order chi connectivity index (χ0) is 9.56. The quantitative estimate of drug-likeness (QED) is 0.603. The van der Waals surface area contributed by atoms with Crippen molar-refractivity contribution in [3.05, 3.63) is 0 Å². The van der Waals surface area contributed by atoms with Gasteiger partial charge in [-0.2, -0.15) is 0 Å². The molecule has 0 aliphatic heterocycles. The van der Waals surface area contributed by atoms with Crippen molar-refractivity contribution in [3.63, 3.8) is 0 Å². The summed E-state index contributed by atoms with van der Waals surface area (Å²) in [7, 11) is 0. The molecular formula is C7H9NO3S. The summed E-state index contributed by atoms with van der Waals surface area (Å²) in [5.41, 5.74) is 0. The largest absolute Gasteiger partial charge is 0.480 e. The lowest BCUT2D eigenvalue weighted by molar-refractivity contribution is -0.140.